The fourth-order valence-electron chi connectivity index (χ4n) is 1.50. The molecule has 0 aromatic heterocycles. The van der Waals surface area contributed by atoms with Crippen LogP contribution in [0.15, 0.2) is 22.7 Å². The van der Waals surface area contributed by atoms with Crippen LogP contribution in [0.4, 0.5) is 0 Å². The van der Waals surface area contributed by atoms with E-state index in [4.69, 9.17) is 11.6 Å². The van der Waals surface area contributed by atoms with Gasteiger partial charge in [-0.1, -0.05) is 27.5 Å². The smallest absolute Gasteiger partial charge is 0.234 e. The largest absolute Gasteiger partial charge is 0.352 e. The van der Waals surface area contributed by atoms with Crippen LogP contribution >= 0.6 is 27.5 Å². The maximum Gasteiger partial charge on any atom is 0.234 e. The highest BCUT2D eigenvalue weighted by molar-refractivity contribution is 9.10. The highest BCUT2D eigenvalue weighted by Crippen LogP contribution is 2.20. The van der Waals surface area contributed by atoms with Gasteiger partial charge in [0.1, 0.15) is 0 Å². The predicted octanol–water partition coefficient (Wildman–Crippen LogP) is 2.47. The fourth-order valence-corrected chi connectivity index (χ4v) is 2.09. The zero-order valence-corrected chi connectivity index (χ0v) is 11.6. The van der Waals surface area contributed by atoms with Crippen LogP contribution in [-0.4, -0.2) is 18.5 Å². The van der Waals surface area contributed by atoms with Crippen LogP contribution in [0.2, 0.25) is 5.02 Å². The molecule has 17 heavy (non-hydrogen) atoms. The van der Waals surface area contributed by atoms with E-state index in [2.05, 4.69) is 26.6 Å². The van der Waals surface area contributed by atoms with Crippen molar-refractivity contribution in [2.45, 2.75) is 25.4 Å². The number of hydrogen-bond acceptors (Lipinski definition) is 2. The van der Waals surface area contributed by atoms with Gasteiger partial charge in [-0.05, 0) is 36.6 Å². The molecule has 2 N–H and O–H groups in total. The van der Waals surface area contributed by atoms with E-state index in [1.54, 1.807) is 0 Å². The van der Waals surface area contributed by atoms with Crippen molar-refractivity contribution in [3.05, 3.63) is 33.3 Å². The molecule has 0 bridgehead atoms. The third-order valence-corrected chi connectivity index (χ3v) is 3.41. The summed E-state index contributed by atoms with van der Waals surface area (Å²) in [6.45, 7) is 0.926. The summed E-state index contributed by atoms with van der Waals surface area (Å²) in [5, 5.41) is 6.72. The van der Waals surface area contributed by atoms with Crippen LogP contribution in [0.1, 0.15) is 18.4 Å². The van der Waals surface area contributed by atoms with Crippen molar-refractivity contribution in [2.75, 3.05) is 6.54 Å². The molecule has 5 heteroatoms. The van der Waals surface area contributed by atoms with E-state index in [1.165, 1.54) is 0 Å². The van der Waals surface area contributed by atoms with E-state index in [1.807, 2.05) is 18.2 Å². The lowest BCUT2D eigenvalue weighted by Crippen LogP contribution is -2.34. The monoisotopic (exact) mass is 316 g/mol. The van der Waals surface area contributed by atoms with Gasteiger partial charge in [0, 0.05) is 22.1 Å². The van der Waals surface area contributed by atoms with Gasteiger partial charge < -0.3 is 10.6 Å². The number of benzene rings is 1. The minimum Gasteiger partial charge on any atom is -0.352 e. The molecule has 0 saturated heterocycles. The minimum atomic E-state index is 0.0543. The Morgan fingerprint density at radius 3 is 2.94 bits per heavy atom. The second-order valence-corrected chi connectivity index (χ2v) is 5.50. The van der Waals surface area contributed by atoms with E-state index in [9.17, 15) is 4.79 Å². The Morgan fingerprint density at radius 1 is 1.47 bits per heavy atom. The summed E-state index contributed by atoms with van der Waals surface area (Å²) < 4.78 is 0.987. The van der Waals surface area contributed by atoms with Crippen LogP contribution in [-0.2, 0) is 11.3 Å². The van der Waals surface area contributed by atoms with E-state index in [0.29, 0.717) is 24.2 Å². The molecule has 0 spiro atoms. The first kappa shape index (κ1) is 12.9. The van der Waals surface area contributed by atoms with Crippen LogP contribution in [0.25, 0.3) is 0 Å². The summed E-state index contributed by atoms with van der Waals surface area (Å²) in [5.41, 5.74) is 0.986. The predicted molar refractivity (Wildman–Crippen MR) is 72.0 cm³/mol. The molecule has 1 aliphatic rings. The molecule has 0 heterocycles. The third kappa shape index (κ3) is 4.30. The molecule has 0 atom stereocenters. The number of carbonyl (C=O) groups is 1. The Balaban J connectivity index is 1.76. The van der Waals surface area contributed by atoms with Crippen molar-refractivity contribution >= 4 is 33.4 Å². The molecular weight excluding hydrogens is 304 g/mol. The third-order valence-electron chi connectivity index (χ3n) is 2.55. The number of amides is 1. The molecule has 1 aromatic carbocycles. The van der Waals surface area contributed by atoms with Crippen LogP contribution in [0.5, 0.6) is 0 Å². The Kier molecular flexibility index (Phi) is 4.42. The van der Waals surface area contributed by atoms with Gasteiger partial charge in [-0.25, -0.2) is 0 Å². The van der Waals surface area contributed by atoms with Crippen LogP contribution < -0.4 is 10.6 Å². The van der Waals surface area contributed by atoms with Crippen LogP contribution in [0.3, 0.4) is 0 Å². The highest BCUT2D eigenvalue weighted by Gasteiger charge is 2.22. The SMILES string of the molecule is O=C(CNCc1cc(Br)ccc1Cl)NC1CC1. The molecule has 1 fully saturated rings. The summed E-state index contributed by atoms with van der Waals surface area (Å²) in [6.07, 6.45) is 2.23. The number of nitrogens with one attached hydrogen (secondary N) is 2. The topological polar surface area (TPSA) is 41.1 Å². The molecule has 1 aliphatic carbocycles. The Labute approximate surface area is 114 Å². The summed E-state index contributed by atoms with van der Waals surface area (Å²) in [6, 6.07) is 6.10. The van der Waals surface area contributed by atoms with Crippen molar-refractivity contribution < 1.29 is 4.79 Å². The number of hydrogen-bond donors (Lipinski definition) is 2. The maximum absolute atomic E-state index is 11.4. The van der Waals surface area contributed by atoms with Crippen molar-refractivity contribution in [1.82, 2.24) is 10.6 Å². The zero-order valence-electron chi connectivity index (χ0n) is 9.30. The molecule has 0 aliphatic heterocycles. The van der Waals surface area contributed by atoms with Gasteiger partial charge in [-0.2, -0.15) is 0 Å². The summed E-state index contributed by atoms with van der Waals surface area (Å²) in [5.74, 6) is 0.0543. The van der Waals surface area contributed by atoms with E-state index >= 15 is 0 Å². The standard InChI is InChI=1S/C12H14BrClN2O/c13-9-1-4-11(14)8(5-9)6-15-7-12(17)16-10-2-3-10/h1,4-5,10,15H,2-3,6-7H2,(H,16,17). The van der Waals surface area contributed by atoms with E-state index < -0.39 is 0 Å². The van der Waals surface area contributed by atoms with Crippen molar-refractivity contribution in [3.8, 4) is 0 Å². The summed E-state index contributed by atoms with van der Waals surface area (Å²) in [7, 11) is 0. The number of halogens is 2. The second kappa shape index (κ2) is 5.85. The summed E-state index contributed by atoms with van der Waals surface area (Å²) in [4.78, 5) is 11.4. The van der Waals surface area contributed by atoms with Gasteiger partial charge in [0.05, 0.1) is 6.54 Å². The number of rotatable bonds is 5. The van der Waals surface area contributed by atoms with E-state index in [-0.39, 0.29) is 5.91 Å². The first-order valence-electron chi connectivity index (χ1n) is 5.59. The maximum atomic E-state index is 11.4. The van der Waals surface area contributed by atoms with Gasteiger partial charge in [-0.3, -0.25) is 4.79 Å². The van der Waals surface area contributed by atoms with E-state index in [0.717, 1.165) is 22.9 Å². The molecule has 0 radical (unpaired) electrons. The summed E-state index contributed by atoms with van der Waals surface area (Å²) >= 11 is 9.44. The normalized spacial score (nSPS) is 14.7. The molecule has 3 nitrogen and oxygen atoms in total. The average molecular weight is 318 g/mol. The van der Waals surface area contributed by atoms with Crippen molar-refractivity contribution in [2.24, 2.45) is 0 Å². The lowest BCUT2D eigenvalue weighted by molar-refractivity contribution is -0.120. The minimum absolute atomic E-state index is 0.0543. The molecule has 1 amide bonds. The highest BCUT2D eigenvalue weighted by atomic mass is 79.9. The molecule has 92 valence electrons. The first-order chi connectivity index (χ1) is 8.15. The lowest BCUT2D eigenvalue weighted by atomic mass is 10.2. The molecular formula is C12H14BrClN2O. The molecule has 1 aromatic rings. The molecule has 0 unspecified atom stereocenters. The van der Waals surface area contributed by atoms with Gasteiger partial charge >= 0.3 is 0 Å². The Morgan fingerprint density at radius 2 is 2.24 bits per heavy atom. The fraction of sp³-hybridized carbons (Fsp3) is 0.417. The van der Waals surface area contributed by atoms with Gasteiger partial charge in [0.15, 0.2) is 0 Å². The second-order valence-electron chi connectivity index (χ2n) is 4.18. The van der Waals surface area contributed by atoms with Crippen molar-refractivity contribution in [3.63, 3.8) is 0 Å². The quantitative estimate of drug-likeness (QED) is 0.876. The zero-order chi connectivity index (χ0) is 12.3. The molecule has 1 saturated carbocycles. The van der Waals surface area contributed by atoms with Gasteiger partial charge in [-0.15, -0.1) is 0 Å². The lowest BCUT2D eigenvalue weighted by Gasteiger charge is -2.07. The first-order valence-corrected chi connectivity index (χ1v) is 6.76. The Hall–Kier alpha value is -0.580. The van der Waals surface area contributed by atoms with Gasteiger partial charge in [0.25, 0.3) is 0 Å². The average Bonchev–Trinajstić information content (AvgIpc) is 3.07. The number of carbonyl (C=O) groups excluding carboxylic acids is 1. The van der Waals surface area contributed by atoms with Crippen LogP contribution in [0, 0.1) is 0 Å². The van der Waals surface area contributed by atoms with Gasteiger partial charge in [0.2, 0.25) is 5.91 Å². The van der Waals surface area contributed by atoms with Crippen molar-refractivity contribution in [1.29, 1.82) is 0 Å². The Bertz CT molecular complexity index is 421. The molecule has 2 rings (SSSR count).